The standard InChI is InChI=1S/C65H69N15O18S5/c1-26(81)43-57(88)76-44(27(2)93-7)60-71-38(25-101-60)56(87)77-47-49-50(98-41-16-65(4,91)51(78(5)6)28(3)97-41)64(90)95-18-29-11-10-12-39-42(29)31(19-94-49)48(80(39)92)63(89)96-20-33(68-54(85)36-24-103-62(47)73-36)59-69-34(21-100-59)45-30(58-70-37(22-99-58)55(86)75-43)15-40(82)46(74-45)61-72-35(23-102-61)53(84)67-32(52(66)83)17-79-13-8-9-14-79/h10-12,15,21-26,28,32-33,41,43,47,49-51,81-82,91-92H,8-9,13-14,16-20H2,1-7H3,(H2,66,83)(H,67,84)(H,68,85)(H,75,86)(H,76,88)(H,77,87)/b44-27+/t26-,28+,32?,33+,41+,43+,47+,49+,50+,51-,65+/m1/s1. The Kier molecular flexibility index (Phi) is 20.6. The number of thiazole rings is 5. The van der Waals surface area contributed by atoms with Gasteiger partial charge >= 0.3 is 11.9 Å². The molecule has 5 aliphatic rings. The number of aliphatic hydroxyl groups excluding tert-OH is 1. The maximum atomic E-state index is 15.2. The van der Waals surface area contributed by atoms with Gasteiger partial charge in [-0.1, -0.05) is 12.1 Å². The minimum absolute atomic E-state index is 0.00893. The number of cyclic esters (lactones) is 2. The van der Waals surface area contributed by atoms with E-state index in [0.29, 0.717) is 10.3 Å². The number of fused-ring (bicyclic) bond motifs is 15. The lowest BCUT2D eigenvalue weighted by Crippen LogP contribution is -2.62. The van der Waals surface area contributed by atoms with Gasteiger partial charge in [-0.25, -0.2) is 39.5 Å². The average molecular weight is 1510 g/mol. The number of rotatable bonds is 11. The first-order valence-corrected chi connectivity index (χ1v) is 36.6. The number of amides is 6. The van der Waals surface area contributed by atoms with Crippen LogP contribution in [0.5, 0.6) is 5.75 Å². The lowest BCUT2D eigenvalue weighted by atomic mass is 9.85. The van der Waals surface area contributed by atoms with E-state index in [1.165, 1.54) is 60.0 Å². The molecule has 2 fully saturated rings. The highest BCUT2D eigenvalue weighted by atomic mass is 32.1. The number of allylic oxidation sites excluding steroid dienone is 1. The van der Waals surface area contributed by atoms with Crippen LogP contribution in [0, 0.1) is 0 Å². The van der Waals surface area contributed by atoms with Crippen molar-refractivity contribution in [3.05, 3.63) is 112 Å². The number of aromatic nitrogens is 7. The van der Waals surface area contributed by atoms with Crippen LogP contribution >= 0.6 is 56.7 Å². The Morgan fingerprint density at radius 1 is 0.845 bits per heavy atom. The first-order valence-electron chi connectivity index (χ1n) is 32.2. The van der Waals surface area contributed by atoms with E-state index in [4.69, 9.17) is 49.1 Å². The quantitative estimate of drug-likeness (QED) is 0.0499. The number of benzene rings is 1. The highest BCUT2D eigenvalue weighted by Gasteiger charge is 2.50. The molecule has 103 heavy (non-hydrogen) atoms. The SMILES string of the molecule is CO/C(C)=C1/NC(=O)[C@H]([C@@H](C)O)NC(=O)c2csc(n2)-c2cc(O)c(-c3nc(C(=O)NC(CN4CCCC4)C(N)=O)cs3)nc2-c2csc(n2)[C@@H]2COC(=O)c3c4c5c(cccc5n3O)COC(=O)[C@@H](O[C@H]3C[C@](C)(O)[C@H](N(C)C)[C@H](C)O3)[C@@H](OC4)[C@H](NC(=O)c3csc1n3)c1nc(cs1)C(=O)N2. The van der Waals surface area contributed by atoms with Gasteiger partial charge in [-0.2, -0.15) is 4.73 Å². The third-order valence-electron chi connectivity index (χ3n) is 18.0. The average Bonchev–Trinajstić information content (AvgIpc) is 1.76. The van der Waals surface area contributed by atoms with Crippen LogP contribution in [0.1, 0.15) is 138 Å². The number of nitrogens with one attached hydrogen (secondary N) is 5. The maximum Gasteiger partial charge on any atom is 0.358 e. The summed E-state index contributed by atoms with van der Waals surface area (Å²) in [6, 6.07) is -0.361. The highest BCUT2D eigenvalue weighted by molar-refractivity contribution is 7.14. The zero-order chi connectivity index (χ0) is 73.0. The number of carbonyl (C=O) groups excluding carboxylic acids is 8. The third-order valence-corrected chi connectivity index (χ3v) is 22.5. The number of hydrogen-bond acceptors (Lipinski definition) is 31. The zero-order valence-electron chi connectivity index (χ0n) is 56.0. The van der Waals surface area contributed by atoms with Crippen molar-refractivity contribution in [1.29, 1.82) is 0 Å². The van der Waals surface area contributed by atoms with E-state index in [0.717, 1.165) is 82.6 Å². The minimum Gasteiger partial charge on any atom is -0.506 e. The van der Waals surface area contributed by atoms with Crippen molar-refractivity contribution in [2.24, 2.45) is 5.73 Å². The van der Waals surface area contributed by atoms with Crippen LogP contribution in [0.2, 0.25) is 0 Å². The highest BCUT2D eigenvalue weighted by Crippen LogP contribution is 2.43. The molecule has 8 aromatic rings. The molecule has 12 heterocycles. The van der Waals surface area contributed by atoms with Crippen molar-refractivity contribution in [2.45, 2.75) is 127 Å². The van der Waals surface area contributed by atoms with Crippen molar-refractivity contribution in [1.82, 2.24) is 71.0 Å². The van der Waals surface area contributed by atoms with Gasteiger partial charge < -0.3 is 91.1 Å². The molecule has 1 unspecified atom stereocenters. The van der Waals surface area contributed by atoms with E-state index in [-0.39, 0.29) is 111 Å². The molecule has 0 saturated carbocycles. The van der Waals surface area contributed by atoms with Crippen LogP contribution in [0.3, 0.4) is 0 Å². The van der Waals surface area contributed by atoms with E-state index in [2.05, 4.69) is 41.5 Å². The fraction of sp³-hybridized carbons (Fsp3) is 0.415. The number of likely N-dealkylation sites (N-methyl/N-ethyl adjacent to an activating group) is 1. The Morgan fingerprint density at radius 3 is 2.23 bits per heavy atom. The van der Waals surface area contributed by atoms with Gasteiger partial charge in [-0.15, -0.1) is 56.7 Å². The molecule has 0 spiro atoms. The lowest BCUT2D eigenvalue weighted by molar-refractivity contribution is -0.280. The molecule has 12 bridgehead atoms. The van der Waals surface area contributed by atoms with Crippen molar-refractivity contribution in [2.75, 3.05) is 47.4 Å². The van der Waals surface area contributed by atoms with Gasteiger partial charge in [-0.3, -0.25) is 28.8 Å². The molecule has 11 atom stereocenters. The van der Waals surface area contributed by atoms with Gasteiger partial charge in [0, 0.05) is 56.4 Å². The van der Waals surface area contributed by atoms with Gasteiger partial charge in [0.25, 0.3) is 23.6 Å². The third kappa shape index (κ3) is 14.6. The maximum absolute atomic E-state index is 15.2. The van der Waals surface area contributed by atoms with Crippen molar-refractivity contribution < 1.29 is 87.3 Å². The molecule has 0 radical (unpaired) electrons. The van der Waals surface area contributed by atoms with Crippen molar-refractivity contribution in [3.63, 3.8) is 0 Å². The number of methoxy groups -OCH3 is 1. The number of esters is 2. The number of nitrogens with zero attached hydrogens (tertiary/aromatic N) is 9. The number of likely N-dealkylation sites (tertiary alicyclic amines) is 1. The molecule has 542 valence electrons. The summed E-state index contributed by atoms with van der Waals surface area (Å²) in [4.78, 5) is 148. The summed E-state index contributed by atoms with van der Waals surface area (Å²) in [5, 5.41) is 68.4. The van der Waals surface area contributed by atoms with Gasteiger partial charge in [0.15, 0.2) is 18.1 Å². The first-order chi connectivity index (χ1) is 49.2. The van der Waals surface area contributed by atoms with Crippen molar-refractivity contribution in [3.8, 4) is 38.4 Å². The van der Waals surface area contributed by atoms with Gasteiger partial charge in [0.05, 0.1) is 43.1 Å². The number of ether oxygens (including phenoxy) is 6. The number of primary amides is 1. The van der Waals surface area contributed by atoms with E-state index < -0.39 is 145 Å². The molecule has 6 amide bonds. The van der Waals surface area contributed by atoms with Crippen LogP contribution in [0.25, 0.3) is 49.3 Å². The van der Waals surface area contributed by atoms with Crippen LogP contribution in [-0.2, 0) is 56.0 Å². The monoisotopic (exact) mass is 1510 g/mol. The topological polar surface area (TPSA) is 448 Å². The molecule has 7 aromatic heterocycles. The smallest absolute Gasteiger partial charge is 0.358 e. The molecule has 11 N–H and O–H groups in total. The number of nitrogens with two attached hydrogens (primary N) is 1. The predicted octanol–water partition coefficient (Wildman–Crippen LogP) is 3.84. The van der Waals surface area contributed by atoms with Gasteiger partial charge in [0.2, 0.25) is 11.8 Å². The van der Waals surface area contributed by atoms with Gasteiger partial charge in [-0.05, 0) is 85.4 Å². The number of hydrogen-bond donors (Lipinski definition) is 10. The minimum atomic E-state index is -1.92. The normalized spacial score (nSPS) is 24.8. The summed E-state index contributed by atoms with van der Waals surface area (Å²) in [5.41, 5.74) is 3.09. The Balaban J connectivity index is 0.965. The molecule has 1 aromatic carbocycles. The molecule has 38 heteroatoms. The molecular weight excluding hydrogens is 1440 g/mol. The van der Waals surface area contributed by atoms with Crippen LogP contribution in [0.15, 0.2) is 56.9 Å². The summed E-state index contributed by atoms with van der Waals surface area (Å²) >= 11 is 4.56. The van der Waals surface area contributed by atoms with Crippen LogP contribution in [0.4, 0.5) is 0 Å². The van der Waals surface area contributed by atoms with Crippen molar-refractivity contribution >= 4 is 121 Å². The summed E-state index contributed by atoms with van der Waals surface area (Å²) < 4.78 is 38.3. The molecule has 0 aliphatic carbocycles. The van der Waals surface area contributed by atoms with Crippen LogP contribution < -0.4 is 32.3 Å². The number of pyridine rings is 1. The number of carbonyl (C=O) groups is 8. The molecule has 5 aliphatic heterocycles. The largest absolute Gasteiger partial charge is 0.506 e. The molecule has 13 rings (SSSR count). The zero-order valence-corrected chi connectivity index (χ0v) is 60.1. The molecular formula is C65H69N15O18S5. The predicted molar refractivity (Wildman–Crippen MR) is 370 cm³/mol. The summed E-state index contributed by atoms with van der Waals surface area (Å²) in [7, 11) is 4.85. The van der Waals surface area contributed by atoms with E-state index >= 15 is 19.2 Å². The Bertz CT molecular complexity index is 4700. The summed E-state index contributed by atoms with van der Waals surface area (Å²) in [5.74, 6) is -7.83. The molecule has 33 nitrogen and oxygen atoms in total. The lowest BCUT2D eigenvalue weighted by Gasteiger charge is -2.48. The molecule has 2 saturated heterocycles. The number of aliphatic hydroxyl groups is 2. The Morgan fingerprint density at radius 2 is 1.51 bits per heavy atom. The van der Waals surface area contributed by atoms with E-state index in [1.807, 2.05) is 4.90 Å². The Labute approximate surface area is 605 Å². The Hall–Kier alpha value is -9.32. The second-order valence-electron chi connectivity index (χ2n) is 25.5. The van der Waals surface area contributed by atoms with Gasteiger partial charge in [0.1, 0.15) is 126 Å². The number of aromatic hydroxyl groups is 1. The first kappa shape index (κ1) is 72.0. The van der Waals surface area contributed by atoms with E-state index in [9.17, 15) is 39.7 Å². The second-order valence-corrected chi connectivity index (χ2v) is 29.8. The fourth-order valence-electron chi connectivity index (χ4n) is 13.1. The summed E-state index contributed by atoms with van der Waals surface area (Å²) in [6.07, 6.45) is -5.70. The van der Waals surface area contributed by atoms with Crippen LogP contribution in [-0.4, -0.2) is 214 Å². The second kappa shape index (κ2) is 29.4. The van der Waals surface area contributed by atoms with E-state index in [1.54, 1.807) is 45.0 Å². The summed E-state index contributed by atoms with van der Waals surface area (Å²) in [6.45, 7) is 5.90. The fourth-order valence-corrected chi connectivity index (χ4v) is 17.3.